The maximum Gasteiger partial charge on any atom is 0.171 e. The molecule has 0 aliphatic rings. The Hall–Kier alpha value is -1.98. The van der Waals surface area contributed by atoms with Crippen LogP contribution in [0.2, 0.25) is 5.02 Å². The molecule has 2 aromatic carbocycles. The van der Waals surface area contributed by atoms with Crippen molar-refractivity contribution in [2.45, 2.75) is 13.5 Å². The van der Waals surface area contributed by atoms with E-state index in [1.54, 1.807) is 14.2 Å². The van der Waals surface area contributed by atoms with E-state index in [4.69, 9.17) is 33.3 Å². The number of thiocarbonyl (C=S) groups is 1. The van der Waals surface area contributed by atoms with E-state index in [9.17, 15) is 0 Å². The summed E-state index contributed by atoms with van der Waals surface area (Å²) in [6.07, 6.45) is 0. The third-order valence-electron chi connectivity index (χ3n) is 3.33. The lowest BCUT2D eigenvalue weighted by molar-refractivity contribution is 0.354. The summed E-state index contributed by atoms with van der Waals surface area (Å²) < 4.78 is 10.5. The molecule has 0 aliphatic carbocycles. The predicted octanol–water partition coefficient (Wildman–Crippen LogP) is 4.15. The fourth-order valence-electron chi connectivity index (χ4n) is 2.02. The Kier molecular flexibility index (Phi) is 6.07. The lowest BCUT2D eigenvalue weighted by atomic mass is 10.2. The minimum atomic E-state index is 0.528. The predicted molar refractivity (Wildman–Crippen MR) is 98.8 cm³/mol. The van der Waals surface area contributed by atoms with E-state index in [0.717, 1.165) is 16.8 Å². The number of anilines is 1. The maximum absolute atomic E-state index is 6.10. The highest BCUT2D eigenvalue weighted by Crippen LogP contribution is 2.27. The van der Waals surface area contributed by atoms with Crippen molar-refractivity contribution in [2.75, 3.05) is 19.5 Å². The maximum atomic E-state index is 6.10. The van der Waals surface area contributed by atoms with E-state index < -0.39 is 0 Å². The molecule has 6 heteroatoms. The van der Waals surface area contributed by atoms with E-state index in [1.807, 2.05) is 43.3 Å². The van der Waals surface area contributed by atoms with Gasteiger partial charge in [-0.2, -0.15) is 0 Å². The third-order valence-corrected chi connectivity index (χ3v) is 3.98. The number of aryl methyl sites for hydroxylation is 1. The highest BCUT2D eigenvalue weighted by atomic mass is 35.5. The smallest absolute Gasteiger partial charge is 0.171 e. The Morgan fingerprint density at radius 3 is 2.48 bits per heavy atom. The van der Waals surface area contributed by atoms with Crippen LogP contribution >= 0.6 is 23.8 Å². The van der Waals surface area contributed by atoms with Crippen molar-refractivity contribution in [3.05, 3.63) is 52.5 Å². The van der Waals surface area contributed by atoms with E-state index in [0.29, 0.717) is 28.2 Å². The zero-order valence-corrected chi connectivity index (χ0v) is 14.8. The van der Waals surface area contributed by atoms with Gasteiger partial charge in [0.1, 0.15) is 0 Å². The first-order valence-electron chi connectivity index (χ1n) is 7.05. The molecule has 0 aliphatic heterocycles. The first-order chi connectivity index (χ1) is 11.0. The van der Waals surface area contributed by atoms with Gasteiger partial charge in [-0.1, -0.05) is 23.7 Å². The molecular weight excluding hydrogens is 332 g/mol. The lowest BCUT2D eigenvalue weighted by Crippen LogP contribution is -2.27. The number of methoxy groups -OCH3 is 2. The first kappa shape index (κ1) is 17.4. The largest absolute Gasteiger partial charge is 0.493 e. The highest BCUT2D eigenvalue weighted by Gasteiger charge is 2.05. The van der Waals surface area contributed by atoms with Crippen LogP contribution in [0.1, 0.15) is 11.1 Å². The quantitative estimate of drug-likeness (QED) is 0.793. The van der Waals surface area contributed by atoms with Gasteiger partial charge in [-0.25, -0.2) is 0 Å². The summed E-state index contributed by atoms with van der Waals surface area (Å²) in [6.45, 7) is 2.53. The standard InChI is InChI=1S/C17H19ClN2O2S/c1-11-4-6-13(9-14(11)18)20-17(23)19-10-12-5-7-15(21-2)16(8-12)22-3/h4-9H,10H2,1-3H3,(H2,19,20,23). The molecule has 23 heavy (non-hydrogen) atoms. The Balaban J connectivity index is 1.95. The molecule has 2 aromatic rings. The van der Waals surface area contributed by atoms with Crippen LogP contribution in [0.5, 0.6) is 11.5 Å². The fourth-order valence-corrected chi connectivity index (χ4v) is 2.39. The Morgan fingerprint density at radius 2 is 1.83 bits per heavy atom. The Bertz CT molecular complexity index is 707. The van der Waals surface area contributed by atoms with Gasteiger partial charge in [-0.15, -0.1) is 0 Å². The molecular formula is C17H19ClN2O2S. The number of rotatable bonds is 5. The fraction of sp³-hybridized carbons (Fsp3) is 0.235. The van der Waals surface area contributed by atoms with Gasteiger partial charge in [-0.05, 0) is 54.5 Å². The number of benzene rings is 2. The van der Waals surface area contributed by atoms with Crippen LogP contribution in [0.25, 0.3) is 0 Å². The molecule has 0 saturated carbocycles. The molecule has 0 atom stereocenters. The summed E-state index contributed by atoms with van der Waals surface area (Å²) in [4.78, 5) is 0. The van der Waals surface area contributed by atoms with Gasteiger partial charge in [0.05, 0.1) is 14.2 Å². The molecule has 0 unspecified atom stereocenters. The molecule has 4 nitrogen and oxygen atoms in total. The summed E-state index contributed by atoms with van der Waals surface area (Å²) >= 11 is 11.4. The van der Waals surface area contributed by atoms with E-state index in [1.165, 1.54) is 0 Å². The summed E-state index contributed by atoms with van der Waals surface area (Å²) in [7, 11) is 3.23. The van der Waals surface area contributed by atoms with Gasteiger partial charge in [0, 0.05) is 17.3 Å². The number of hydrogen-bond acceptors (Lipinski definition) is 3. The van der Waals surface area contributed by atoms with Crippen LogP contribution in [-0.2, 0) is 6.54 Å². The molecule has 0 amide bonds. The van der Waals surface area contributed by atoms with Crippen LogP contribution in [0.4, 0.5) is 5.69 Å². The molecule has 0 bridgehead atoms. The SMILES string of the molecule is COc1ccc(CNC(=S)Nc2ccc(C)c(Cl)c2)cc1OC. The van der Waals surface area contributed by atoms with Crippen molar-refractivity contribution in [3.8, 4) is 11.5 Å². The van der Waals surface area contributed by atoms with Gasteiger partial charge >= 0.3 is 0 Å². The number of hydrogen-bond donors (Lipinski definition) is 2. The lowest BCUT2D eigenvalue weighted by Gasteiger charge is -2.13. The molecule has 0 fully saturated rings. The molecule has 0 aromatic heterocycles. The topological polar surface area (TPSA) is 42.5 Å². The summed E-state index contributed by atoms with van der Waals surface area (Å²) in [5, 5.41) is 7.50. The second-order valence-corrected chi connectivity index (χ2v) is 5.78. The minimum absolute atomic E-state index is 0.528. The van der Waals surface area contributed by atoms with Crippen LogP contribution < -0.4 is 20.1 Å². The van der Waals surface area contributed by atoms with Gasteiger partial charge < -0.3 is 20.1 Å². The zero-order chi connectivity index (χ0) is 16.8. The first-order valence-corrected chi connectivity index (χ1v) is 7.84. The molecule has 0 radical (unpaired) electrons. The zero-order valence-electron chi connectivity index (χ0n) is 13.3. The van der Waals surface area contributed by atoms with Crippen molar-refractivity contribution in [1.29, 1.82) is 0 Å². The second kappa shape index (κ2) is 8.04. The Labute approximate surface area is 146 Å². The van der Waals surface area contributed by atoms with Crippen molar-refractivity contribution in [3.63, 3.8) is 0 Å². The summed E-state index contributed by atoms with van der Waals surface area (Å²) in [5.74, 6) is 1.39. The Morgan fingerprint density at radius 1 is 1.09 bits per heavy atom. The molecule has 0 spiro atoms. The number of ether oxygens (including phenoxy) is 2. The van der Waals surface area contributed by atoms with Gasteiger partial charge in [0.25, 0.3) is 0 Å². The third kappa shape index (κ3) is 4.74. The van der Waals surface area contributed by atoms with E-state index in [-0.39, 0.29) is 0 Å². The van der Waals surface area contributed by atoms with Crippen molar-refractivity contribution < 1.29 is 9.47 Å². The van der Waals surface area contributed by atoms with Gasteiger partial charge in [0.15, 0.2) is 16.6 Å². The molecule has 2 rings (SSSR count). The van der Waals surface area contributed by atoms with E-state index in [2.05, 4.69) is 10.6 Å². The van der Waals surface area contributed by atoms with Crippen molar-refractivity contribution in [2.24, 2.45) is 0 Å². The highest BCUT2D eigenvalue weighted by molar-refractivity contribution is 7.80. The second-order valence-electron chi connectivity index (χ2n) is 4.96. The number of nitrogens with one attached hydrogen (secondary N) is 2. The molecule has 0 heterocycles. The van der Waals surface area contributed by atoms with Crippen LogP contribution in [0.3, 0.4) is 0 Å². The normalized spacial score (nSPS) is 10.1. The summed E-state index contributed by atoms with van der Waals surface area (Å²) in [5.41, 5.74) is 2.92. The molecule has 122 valence electrons. The van der Waals surface area contributed by atoms with Crippen molar-refractivity contribution in [1.82, 2.24) is 5.32 Å². The molecule has 2 N–H and O–H groups in total. The van der Waals surface area contributed by atoms with Crippen LogP contribution in [0, 0.1) is 6.92 Å². The van der Waals surface area contributed by atoms with Crippen LogP contribution in [0.15, 0.2) is 36.4 Å². The number of halogens is 1. The average Bonchev–Trinajstić information content (AvgIpc) is 2.56. The molecule has 0 saturated heterocycles. The minimum Gasteiger partial charge on any atom is -0.493 e. The average molecular weight is 351 g/mol. The summed E-state index contributed by atoms with van der Waals surface area (Å²) in [6, 6.07) is 11.5. The van der Waals surface area contributed by atoms with E-state index >= 15 is 0 Å². The van der Waals surface area contributed by atoms with Gasteiger partial charge in [0.2, 0.25) is 0 Å². The monoisotopic (exact) mass is 350 g/mol. The van der Waals surface area contributed by atoms with Crippen LogP contribution in [-0.4, -0.2) is 19.3 Å². The van der Waals surface area contributed by atoms with Gasteiger partial charge in [-0.3, -0.25) is 0 Å². The van der Waals surface area contributed by atoms with Crippen molar-refractivity contribution >= 4 is 34.6 Å².